The summed E-state index contributed by atoms with van der Waals surface area (Å²) in [6.07, 6.45) is 5.91. The van der Waals surface area contributed by atoms with E-state index >= 15 is 0 Å². The van der Waals surface area contributed by atoms with Crippen LogP contribution in [-0.4, -0.2) is 34.2 Å². The van der Waals surface area contributed by atoms with Crippen LogP contribution in [0.25, 0.3) is 10.9 Å². The van der Waals surface area contributed by atoms with Crippen molar-refractivity contribution in [2.45, 2.75) is 18.9 Å². The van der Waals surface area contributed by atoms with E-state index in [-0.39, 0.29) is 5.91 Å². The van der Waals surface area contributed by atoms with Gasteiger partial charge in [0, 0.05) is 53.0 Å². The first kappa shape index (κ1) is 16.6. The lowest BCUT2D eigenvalue weighted by Gasteiger charge is -2.09. The number of H-pyrrole nitrogens is 1. The van der Waals surface area contributed by atoms with Crippen molar-refractivity contribution in [3.63, 3.8) is 0 Å². The first-order valence-corrected chi connectivity index (χ1v) is 8.75. The van der Waals surface area contributed by atoms with Crippen molar-refractivity contribution in [2.75, 3.05) is 6.54 Å². The Morgan fingerprint density at radius 2 is 2.31 bits per heavy atom. The number of carbonyl (C=O) groups excluding carboxylic acids is 1. The molecular weight excluding hydrogens is 352 g/mol. The van der Waals surface area contributed by atoms with Gasteiger partial charge in [-0.05, 0) is 42.3 Å². The van der Waals surface area contributed by atoms with Crippen LogP contribution in [0.15, 0.2) is 54.1 Å². The molecule has 0 fully saturated rings. The Hall–Kier alpha value is -2.86. The smallest absolute Gasteiger partial charge is 0.264 e. The van der Waals surface area contributed by atoms with E-state index in [1.54, 1.807) is 12.4 Å². The van der Waals surface area contributed by atoms with Crippen molar-refractivity contribution in [3.8, 4) is 0 Å². The zero-order valence-corrected chi connectivity index (χ0v) is 14.7. The Balaban J connectivity index is 1.31. The van der Waals surface area contributed by atoms with Gasteiger partial charge in [0.25, 0.3) is 5.91 Å². The third kappa shape index (κ3) is 3.41. The molecule has 132 valence electrons. The van der Waals surface area contributed by atoms with E-state index in [4.69, 9.17) is 16.4 Å². The summed E-state index contributed by atoms with van der Waals surface area (Å²) in [5.74, 6) is -0.162. The molecule has 0 bridgehead atoms. The molecule has 4 rings (SSSR count). The molecule has 26 heavy (non-hydrogen) atoms. The topological polar surface area (TPSA) is 79.4 Å². The van der Waals surface area contributed by atoms with Gasteiger partial charge in [-0.3, -0.25) is 9.78 Å². The number of nitrogens with zero attached hydrogens (tertiary/aromatic N) is 2. The molecule has 1 aromatic carbocycles. The summed E-state index contributed by atoms with van der Waals surface area (Å²) in [6, 6.07) is 9.46. The number of aromatic nitrogens is 2. The fourth-order valence-electron chi connectivity index (χ4n) is 3.01. The molecule has 0 radical (unpaired) electrons. The summed E-state index contributed by atoms with van der Waals surface area (Å²) in [4.78, 5) is 24.9. The van der Waals surface area contributed by atoms with Crippen molar-refractivity contribution < 1.29 is 9.63 Å². The number of rotatable bonds is 5. The maximum Gasteiger partial charge on any atom is 0.264 e. The third-order valence-electron chi connectivity index (χ3n) is 4.38. The summed E-state index contributed by atoms with van der Waals surface area (Å²) in [6.45, 7) is 0.514. The van der Waals surface area contributed by atoms with Crippen molar-refractivity contribution in [3.05, 3.63) is 65.1 Å². The first-order chi connectivity index (χ1) is 12.7. The van der Waals surface area contributed by atoms with E-state index in [9.17, 15) is 4.79 Å². The second-order valence-corrected chi connectivity index (χ2v) is 6.56. The maximum absolute atomic E-state index is 12.3. The number of carbonyl (C=O) groups is 1. The molecule has 3 heterocycles. The highest BCUT2D eigenvalue weighted by molar-refractivity contribution is 6.31. The number of halogens is 1. The molecule has 2 aromatic heterocycles. The van der Waals surface area contributed by atoms with Crippen LogP contribution in [0.2, 0.25) is 5.02 Å². The maximum atomic E-state index is 12.3. The average Bonchev–Trinajstić information content (AvgIpc) is 3.30. The first-order valence-electron chi connectivity index (χ1n) is 8.37. The summed E-state index contributed by atoms with van der Waals surface area (Å²) in [5.41, 5.74) is 3.76. The number of benzene rings is 1. The molecule has 1 aliphatic rings. The molecule has 0 saturated heterocycles. The molecular formula is C19H17ClN4O2. The second-order valence-electron chi connectivity index (χ2n) is 6.12. The van der Waals surface area contributed by atoms with E-state index in [2.05, 4.69) is 20.4 Å². The van der Waals surface area contributed by atoms with Gasteiger partial charge in [0.1, 0.15) is 0 Å². The fraction of sp³-hybridized carbons (Fsp3) is 0.211. The molecule has 1 aliphatic heterocycles. The molecule has 7 heteroatoms. The van der Waals surface area contributed by atoms with Crippen molar-refractivity contribution >= 4 is 34.1 Å². The van der Waals surface area contributed by atoms with E-state index in [0.717, 1.165) is 27.7 Å². The van der Waals surface area contributed by atoms with Crippen LogP contribution in [0.3, 0.4) is 0 Å². The van der Waals surface area contributed by atoms with Crippen LogP contribution in [0, 0.1) is 0 Å². The zero-order valence-electron chi connectivity index (χ0n) is 13.9. The largest absolute Gasteiger partial charge is 0.382 e. The number of amides is 1. The number of pyridine rings is 1. The summed E-state index contributed by atoms with van der Waals surface area (Å²) in [7, 11) is 0. The molecule has 1 atom stereocenters. The number of fused-ring (bicyclic) bond motifs is 1. The standard InChI is InChI=1S/C19H17ClN4O2/c20-14-3-4-16-15(8-14)12(11-23-16)5-7-22-19(25)18-9-17(24-26-18)13-2-1-6-21-10-13/h1-4,6,8,10-11,18,23H,5,7,9H2,(H,22,25)/t18-/m0/s1. The van der Waals surface area contributed by atoms with Gasteiger partial charge in [-0.2, -0.15) is 0 Å². The molecule has 0 unspecified atom stereocenters. The highest BCUT2D eigenvalue weighted by Gasteiger charge is 2.28. The minimum atomic E-state index is -0.595. The van der Waals surface area contributed by atoms with E-state index in [0.29, 0.717) is 24.4 Å². The van der Waals surface area contributed by atoms with E-state index < -0.39 is 6.10 Å². The van der Waals surface area contributed by atoms with Crippen molar-refractivity contribution in [1.82, 2.24) is 15.3 Å². The SMILES string of the molecule is O=C(NCCc1c[nH]c2ccc(Cl)cc12)[C@@H]1CC(c2cccnc2)=NO1. The van der Waals surface area contributed by atoms with Crippen LogP contribution in [0.1, 0.15) is 17.5 Å². The van der Waals surface area contributed by atoms with Gasteiger partial charge in [0.15, 0.2) is 0 Å². The lowest BCUT2D eigenvalue weighted by Crippen LogP contribution is -2.36. The monoisotopic (exact) mass is 368 g/mol. The Kier molecular flexibility index (Phi) is 4.58. The van der Waals surface area contributed by atoms with Crippen LogP contribution >= 0.6 is 11.6 Å². The Morgan fingerprint density at radius 3 is 3.15 bits per heavy atom. The van der Waals surface area contributed by atoms with Crippen LogP contribution < -0.4 is 5.32 Å². The summed E-state index contributed by atoms with van der Waals surface area (Å²) < 4.78 is 0. The summed E-state index contributed by atoms with van der Waals surface area (Å²) >= 11 is 6.06. The van der Waals surface area contributed by atoms with Gasteiger partial charge >= 0.3 is 0 Å². The molecule has 3 aromatic rings. The number of hydrogen-bond donors (Lipinski definition) is 2. The van der Waals surface area contributed by atoms with Gasteiger partial charge in [-0.25, -0.2) is 0 Å². The van der Waals surface area contributed by atoms with Crippen LogP contribution in [-0.2, 0) is 16.1 Å². The van der Waals surface area contributed by atoms with Crippen molar-refractivity contribution in [2.24, 2.45) is 5.16 Å². The van der Waals surface area contributed by atoms with Gasteiger partial charge < -0.3 is 15.1 Å². The second kappa shape index (κ2) is 7.17. The average molecular weight is 369 g/mol. The van der Waals surface area contributed by atoms with Gasteiger partial charge in [-0.1, -0.05) is 16.8 Å². The lowest BCUT2D eigenvalue weighted by atomic mass is 10.1. The molecule has 0 spiro atoms. The Morgan fingerprint density at radius 1 is 1.38 bits per heavy atom. The Labute approximate surface area is 155 Å². The number of nitrogens with one attached hydrogen (secondary N) is 2. The normalized spacial score (nSPS) is 16.3. The molecule has 6 nitrogen and oxygen atoms in total. The number of aromatic amines is 1. The fourth-order valence-corrected chi connectivity index (χ4v) is 3.19. The zero-order chi connectivity index (χ0) is 17.9. The third-order valence-corrected chi connectivity index (χ3v) is 4.61. The van der Waals surface area contributed by atoms with Gasteiger partial charge in [0.05, 0.1) is 5.71 Å². The molecule has 1 amide bonds. The van der Waals surface area contributed by atoms with Crippen LogP contribution in [0.5, 0.6) is 0 Å². The lowest BCUT2D eigenvalue weighted by molar-refractivity contribution is -0.131. The highest BCUT2D eigenvalue weighted by Crippen LogP contribution is 2.22. The molecule has 0 saturated carbocycles. The predicted molar refractivity (Wildman–Crippen MR) is 100 cm³/mol. The number of oxime groups is 1. The minimum absolute atomic E-state index is 0.162. The molecule has 2 N–H and O–H groups in total. The van der Waals surface area contributed by atoms with Crippen molar-refractivity contribution in [1.29, 1.82) is 0 Å². The van der Waals surface area contributed by atoms with E-state index in [1.807, 2.05) is 36.5 Å². The van der Waals surface area contributed by atoms with Crippen LogP contribution in [0.4, 0.5) is 0 Å². The quantitative estimate of drug-likeness (QED) is 0.726. The Bertz CT molecular complexity index is 968. The number of hydrogen-bond acceptors (Lipinski definition) is 4. The predicted octanol–water partition coefficient (Wildman–Crippen LogP) is 3.07. The molecule has 0 aliphatic carbocycles. The van der Waals surface area contributed by atoms with Gasteiger partial charge in [0.2, 0.25) is 6.10 Å². The van der Waals surface area contributed by atoms with E-state index in [1.165, 1.54) is 0 Å². The minimum Gasteiger partial charge on any atom is -0.382 e. The highest BCUT2D eigenvalue weighted by atomic mass is 35.5. The van der Waals surface area contributed by atoms with Gasteiger partial charge in [-0.15, -0.1) is 0 Å². The summed E-state index contributed by atoms with van der Waals surface area (Å²) in [5, 5.41) is 8.70.